The number of hydrogen-bond donors (Lipinski definition) is 1. The van der Waals surface area contributed by atoms with Crippen molar-refractivity contribution in [1.82, 2.24) is 14.5 Å². The number of carbonyl (C=O) groups is 2. The quantitative estimate of drug-likeness (QED) is 0.545. The van der Waals surface area contributed by atoms with Gasteiger partial charge in [0.15, 0.2) is 5.16 Å². The molecule has 1 aromatic heterocycles. The highest BCUT2D eigenvalue weighted by molar-refractivity contribution is 7.99. The maximum Gasteiger partial charge on any atom is 0.242 e. The van der Waals surface area contributed by atoms with Gasteiger partial charge in [-0.1, -0.05) is 23.9 Å². The van der Waals surface area contributed by atoms with E-state index in [0.717, 1.165) is 36.2 Å². The van der Waals surface area contributed by atoms with E-state index in [1.54, 1.807) is 31.4 Å². The number of anilines is 1. The largest absolute Gasteiger partial charge is 0.497 e. The number of piperidine rings is 1. The normalized spacial score (nSPS) is 16.2. The molecule has 2 heterocycles. The molecule has 1 aliphatic rings. The zero-order valence-corrected chi connectivity index (χ0v) is 19.2. The van der Waals surface area contributed by atoms with E-state index in [0.29, 0.717) is 10.8 Å². The van der Waals surface area contributed by atoms with Crippen molar-refractivity contribution in [1.29, 1.82) is 0 Å². The van der Waals surface area contributed by atoms with Gasteiger partial charge in [0.2, 0.25) is 11.8 Å². The number of rotatable bonds is 7. The second-order valence-electron chi connectivity index (χ2n) is 7.97. The second kappa shape index (κ2) is 10.1. The zero-order chi connectivity index (χ0) is 22.5. The Morgan fingerprint density at radius 1 is 1.16 bits per heavy atom. The molecule has 1 aliphatic heterocycles. The Balaban J connectivity index is 1.47. The summed E-state index contributed by atoms with van der Waals surface area (Å²) in [6.07, 6.45) is 3.26. The molecule has 7 nitrogen and oxygen atoms in total. The lowest BCUT2D eigenvalue weighted by Gasteiger charge is -2.33. The molecule has 1 atom stereocenters. The zero-order valence-electron chi connectivity index (χ0n) is 18.4. The van der Waals surface area contributed by atoms with Crippen LogP contribution in [-0.2, 0) is 16.1 Å². The predicted octanol–water partition coefficient (Wildman–Crippen LogP) is 4.18. The third-order valence-electron chi connectivity index (χ3n) is 5.74. The molecule has 2 aromatic carbocycles. The Hall–Kier alpha value is -3.00. The first-order chi connectivity index (χ1) is 15.5. The number of thioether (sulfide) groups is 1. The summed E-state index contributed by atoms with van der Waals surface area (Å²) in [5, 5.41) is 3.56. The summed E-state index contributed by atoms with van der Waals surface area (Å²) in [5.41, 5.74) is 2.44. The molecule has 0 bridgehead atoms. The van der Waals surface area contributed by atoms with Gasteiger partial charge in [-0.25, -0.2) is 4.98 Å². The fraction of sp³-hybridized carbons (Fsp3) is 0.375. The molecule has 0 radical (unpaired) electrons. The minimum Gasteiger partial charge on any atom is -0.497 e. The second-order valence-corrected chi connectivity index (χ2v) is 8.91. The molecule has 1 saturated heterocycles. The number of carbonyl (C=O) groups excluding carboxylic acids is 2. The number of amides is 2. The number of aromatic nitrogens is 2. The van der Waals surface area contributed by atoms with Crippen LogP contribution < -0.4 is 10.1 Å². The Bertz CT molecular complexity index is 1100. The van der Waals surface area contributed by atoms with E-state index in [1.807, 2.05) is 33.7 Å². The fourth-order valence-corrected chi connectivity index (χ4v) is 4.83. The SMILES string of the molecule is COc1ccc(NC(=O)CSc2nc3ccccc3n2CC(=O)N2CCCCC2C)cc1. The fourth-order valence-electron chi connectivity index (χ4n) is 4.01. The number of methoxy groups -OCH3 is 1. The molecule has 168 valence electrons. The van der Waals surface area contributed by atoms with Crippen molar-refractivity contribution >= 4 is 40.3 Å². The molecule has 8 heteroatoms. The van der Waals surface area contributed by atoms with E-state index < -0.39 is 0 Å². The van der Waals surface area contributed by atoms with Gasteiger partial charge in [0.25, 0.3) is 0 Å². The molecule has 2 amide bonds. The smallest absolute Gasteiger partial charge is 0.242 e. The summed E-state index contributed by atoms with van der Waals surface area (Å²) in [5.74, 6) is 0.905. The first kappa shape index (κ1) is 22.2. The number of para-hydroxylation sites is 2. The Morgan fingerprint density at radius 3 is 2.69 bits per heavy atom. The minimum atomic E-state index is -0.130. The van der Waals surface area contributed by atoms with Crippen LogP contribution in [0.5, 0.6) is 5.75 Å². The molecular formula is C24H28N4O3S. The van der Waals surface area contributed by atoms with E-state index >= 15 is 0 Å². The number of fused-ring (bicyclic) bond motifs is 1. The van der Waals surface area contributed by atoms with Gasteiger partial charge in [-0.05, 0) is 62.6 Å². The highest BCUT2D eigenvalue weighted by Gasteiger charge is 2.25. The van der Waals surface area contributed by atoms with Gasteiger partial charge in [-0.15, -0.1) is 0 Å². The van der Waals surface area contributed by atoms with Crippen molar-refractivity contribution in [3.8, 4) is 5.75 Å². The number of likely N-dealkylation sites (tertiary alicyclic amines) is 1. The predicted molar refractivity (Wildman–Crippen MR) is 127 cm³/mol. The summed E-state index contributed by atoms with van der Waals surface area (Å²) in [4.78, 5) is 32.3. The summed E-state index contributed by atoms with van der Waals surface area (Å²) >= 11 is 1.34. The van der Waals surface area contributed by atoms with Gasteiger partial charge in [0.05, 0.1) is 23.9 Å². The molecule has 3 aromatic rings. The number of nitrogens with zero attached hydrogens (tertiary/aromatic N) is 3. The van der Waals surface area contributed by atoms with Crippen LogP contribution >= 0.6 is 11.8 Å². The highest BCUT2D eigenvalue weighted by atomic mass is 32.2. The lowest BCUT2D eigenvalue weighted by Crippen LogP contribution is -2.43. The first-order valence-corrected chi connectivity index (χ1v) is 11.8. The maximum atomic E-state index is 13.1. The minimum absolute atomic E-state index is 0.102. The summed E-state index contributed by atoms with van der Waals surface area (Å²) in [7, 11) is 1.60. The van der Waals surface area contributed by atoms with E-state index in [9.17, 15) is 9.59 Å². The van der Waals surface area contributed by atoms with Crippen LogP contribution in [0.3, 0.4) is 0 Å². The van der Waals surface area contributed by atoms with Crippen molar-refractivity contribution < 1.29 is 14.3 Å². The van der Waals surface area contributed by atoms with Crippen molar-refractivity contribution in [2.45, 2.75) is 43.9 Å². The van der Waals surface area contributed by atoms with E-state index in [2.05, 4.69) is 12.2 Å². The third kappa shape index (κ3) is 5.07. The third-order valence-corrected chi connectivity index (χ3v) is 6.72. The van der Waals surface area contributed by atoms with Gasteiger partial charge in [-0.2, -0.15) is 0 Å². The molecular weight excluding hydrogens is 424 g/mol. The summed E-state index contributed by atoms with van der Waals surface area (Å²) in [6.45, 7) is 3.15. The van der Waals surface area contributed by atoms with E-state index in [-0.39, 0.29) is 30.2 Å². The number of hydrogen-bond acceptors (Lipinski definition) is 5. The Kier molecular flexibility index (Phi) is 6.99. The number of ether oxygens (including phenoxy) is 1. The highest BCUT2D eigenvalue weighted by Crippen LogP contribution is 2.26. The monoisotopic (exact) mass is 452 g/mol. The molecule has 4 rings (SSSR count). The van der Waals surface area contributed by atoms with Crippen LogP contribution in [0, 0.1) is 0 Å². The standard InChI is InChI=1S/C24H28N4O3S/c1-17-7-5-6-14-27(17)23(30)15-28-21-9-4-3-8-20(21)26-24(28)32-16-22(29)25-18-10-12-19(31-2)13-11-18/h3-4,8-13,17H,5-7,14-16H2,1-2H3,(H,25,29). The molecule has 0 spiro atoms. The Morgan fingerprint density at radius 2 is 1.94 bits per heavy atom. The summed E-state index contributed by atoms with van der Waals surface area (Å²) < 4.78 is 7.08. The van der Waals surface area contributed by atoms with Crippen LogP contribution in [0.25, 0.3) is 11.0 Å². The molecule has 1 N–H and O–H groups in total. The number of benzene rings is 2. The van der Waals surface area contributed by atoms with Crippen LogP contribution in [-0.4, -0.2) is 51.7 Å². The van der Waals surface area contributed by atoms with Gasteiger partial charge in [-0.3, -0.25) is 9.59 Å². The number of imidazole rings is 1. The van der Waals surface area contributed by atoms with Crippen LogP contribution in [0.1, 0.15) is 26.2 Å². The van der Waals surface area contributed by atoms with Crippen LogP contribution in [0.2, 0.25) is 0 Å². The van der Waals surface area contributed by atoms with Crippen molar-refractivity contribution in [2.24, 2.45) is 0 Å². The van der Waals surface area contributed by atoms with Crippen molar-refractivity contribution in [3.63, 3.8) is 0 Å². The number of nitrogens with one attached hydrogen (secondary N) is 1. The van der Waals surface area contributed by atoms with Gasteiger partial charge >= 0.3 is 0 Å². The maximum absolute atomic E-state index is 13.1. The van der Waals surface area contributed by atoms with Gasteiger partial charge in [0.1, 0.15) is 12.3 Å². The van der Waals surface area contributed by atoms with Crippen molar-refractivity contribution in [3.05, 3.63) is 48.5 Å². The first-order valence-electron chi connectivity index (χ1n) is 10.9. The lowest BCUT2D eigenvalue weighted by molar-refractivity contribution is -0.135. The molecule has 1 unspecified atom stereocenters. The van der Waals surface area contributed by atoms with Gasteiger partial charge in [0, 0.05) is 18.3 Å². The van der Waals surface area contributed by atoms with Crippen LogP contribution in [0.4, 0.5) is 5.69 Å². The van der Waals surface area contributed by atoms with Crippen molar-refractivity contribution in [2.75, 3.05) is 24.7 Å². The average Bonchev–Trinajstić information content (AvgIpc) is 3.16. The Labute approximate surface area is 192 Å². The van der Waals surface area contributed by atoms with Crippen LogP contribution in [0.15, 0.2) is 53.7 Å². The topological polar surface area (TPSA) is 76.5 Å². The van der Waals surface area contributed by atoms with E-state index in [4.69, 9.17) is 9.72 Å². The lowest BCUT2D eigenvalue weighted by atomic mass is 10.0. The molecule has 32 heavy (non-hydrogen) atoms. The van der Waals surface area contributed by atoms with Gasteiger partial charge < -0.3 is 19.5 Å². The summed E-state index contributed by atoms with van der Waals surface area (Å²) in [6, 6.07) is 15.2. The average molecular weight is 453 g/mol. The molecule has 0 saturated carbocycles. The molecule has 0 aliphatic carbocycles. The molecule has 1 fully saturated rings. The van der Waals surface area contributed by atoms with E-state index in [1.165, 1.54) is 18.2 Å².